The maximum atomic E-state index is 11.8. The normalized spacial score (nSPS) is 14.3. The van der Waals surface area contributed by atoms with Crippen molar-refractivity contribution in [1.82, 2.24) is 25.3 Å². The second-order valence-corrected chi connectivity index (χ2v) is 5.15. The largest absolute Gasteiger partial charge is 0.369 e. The van der Waals surface area contributed by atoms with E-state index in [1.54, 1.807) is 0 Å². The Balaban J connectivity index is 1.86. The fourth-order valence-electron chi connectivity index (χ4n) is 2.69. The number of nitrogens with zero attached hydrogens (tertiary/aromatic N) is 2. The number of aromatic amines is 2. The zero-order valence-corrected chi connectivity index (χ0v) is 11.2. The molecule has 0 saturated heterocycles. The zero-order chi connectivity index (χ0) is 14.4. The monoisotopic (exact) mass is 282 g/mol. The van der Waals surface area contributed by atoms with E-state index in [0.717, 1.165) is 25.1 Å². The molecule has 0 radical (unpaired) electrons. The quantitative estimate of drug-likeness (QED) is 0.520. The third-order valence-electron chi connectivity index (χ3n) is 3.75. The maximum absolute atomic E-state index is 11.8. The van der Waals surface area contributed by atoms with E-state index in [1.807, 2.05) is 6.07 Å². The molecule has 7 heteroatoms. The Hall–Kier alpha value is -2.67. The van der Waals surface area contributed by atoms with Gasteiger partial charge in [-0.3, -0.25) is 9.78 Å². The standard InChI is InChI=1S/C14H14N6O/c15-14-19-12-10(13(21)20-14)17-11(18-12)8-2-1-7-3-4-16-6-9(7)5-8/h1-2,5,16H,3-4,6H2,(H4,15,17,18,19,20,21). The summed E-state index contributed by atoms with van der Waals surface area (Å²) in [6, 6.07) is 6.22. The summed E-state index contributed by atoms with van der Waals surface area (Å²) in [5, 5.41) is 3.35. The number of nitrogens with two attached hydrogens (primary N) is 1. The van der Waals surface area contributed by atoms with Gasteiger partial charge >= 0.3 is 0 Å². The Morgan fingerprint density at radius 3 is 2.95 bits per heavy atom. The van der Waals surface area contributed by atoms with Crippen LogP contribution in [-0.2, 0) is 13.0 Å². The first-order valence-electron chi connectivity index (χ1n) is 6.79. The summed E-state index contributed by atoms with van der Waals surface area (Å²) in [6.07, 6.45) is 1.04. The van der Waals surface area contributed by atoms with Gasteiger partial charge in [-0.15, -0.1) is 0 Å². The van der Waals surface area contributed by atoms with Gasteiger partial charge in [0.1, 0.15) is 5.82 Å². The number of imidazole rings is 1. The molecule has 21 heavy (non-hydrogen) atoms. The molecule has 1 aromatic carbocycles. The summed E-state index contributed by atoms with van der Waals surface area (Å²) in [7, 11) is 0. The summed E-state index contributed by atoms with van der Waals surface area (Å²) in [6.45, 7) is 1.87. The van der Waals surface area contributed by atoms with Gasteiger partial charge in [0.05, 0.1) is 0 Å². The second-order valence-electron chi connectivity index (χ2n) is 5.15. The lowest BCUT2D eigenvalue weighted by Crippen LogP contribution is -2.23. The number of H-pyrrole nitrogens is 2. The third kappa shape index (κ3) is 1.98. The molecule has 0 bridgehead atoms. The van der Waals surface area contributed by atoms with Crippen LogP contribution in [0.2, 0.25) is 0 Å². The number of rotatable bonds is 1. The average molecular weight is 282 g/mol. The van der Waals surface area contributed by atoms with E-state index in [4.69, 9.17) is 5.73 Å². The maximum Gasteiger partial charge on any atom is 0.278 e. The lowest BCUT2D eigenvalue weighted by atomic mass is 9.98. The molecule has 0 amide bonds. The third-order valence-corrected chi connectivity index (χ3v) is 3.75. The van der Waals surface area contributed by atoms with Gasteiger partial charge in [0.2, 0.25) is 5.95 Å². The molecular weight excluding hydrogens is 268 g/mol. The van der Waals surface area contributed by atoms with Gasteiger partial charge in [-0.05, 0) is 30.2 Å². The Morgan fingerprint density at radius 1 is 1.14 bits per heavy atom. The molecule has 0 fully saturated rings. The Morgan fingerprint density at radius 2 is 2.05 bits per heavy atom. The van der Waals surface area contributed by atoms with Crippen molar-refractivity contribution in [3.8, 4) is 11.4 Å². The summed E-state index contributed by atoms with van der Waals surface area (Å²) < 4.78 is 0. The summed E-state index contributed by atoms with van der Waals surface area (Å²) in [4.78, 5) is 25.7. The predicted molar refractivity (Wildman–Crippen MR) is 79.8 cm³/mol. The van der Waals surface area contributed by atoms with E-state index in [0.29, 0.717) is 17.0 Å². The topological polar surface area (TPSA) is 112 Å². The lowest BCUT2D eigenvalue weighted by molar-refractivity contribution is 0.644. The van der Waals surface area contributed by atoms with Crippen LogP contribution in [0.3, 0.4) is 0 Å². The highest BCUT2D eigenvalue weighted by Crippen LogP contribution is 2.23. The molecule has 0 unspecified atom stereocenters. The molecule has 1 aliphatic rings. The van der Waals surface area contributed by atoms with Crippen LogP contribution in [0.5, 0.6) is 0 Å². The molecule has 7 nitrogen and oxygen atoms in total. The van der Waals surface area contributed by atoms with Crippen molar-refractivity contribution in [3.05, 3.63) is 39.7 Å². The Labute approximate surface area is 119 Å². The number of fused-ring (bicyclic) bond motifs is 2. The highest BCUT2D eigenvalue weighted by atomic mass is 16.1. The molecule has 5 N–H and O–H groups in total. The van der Waals surface area contributed by atoms with Crippen molar-refractivity contribution in [2.24, 2.45) is 0 Å². The number of hydrogen-bond donors (Lipinski definition) is 4. The molecular formula is C14H14N6O. The van der Waals surface area contributed by atoms with E-state index < -0.39 is 0 Å². The smallest absolute Gasteiger partial charge is 0.278 e. The van der Waals surface area contributed by atoms with Crippen LogP contribution < -0.4 is 16.6 Å². The van der Waals surface area contributed by atoms with E-state index in [9.17, 15) is 4.79 Å². The number of anilines is 1. The zero-order valence-electron chi connectivity index (χ0n) is 11.2. The van der Waals surface area contributed by atoms with Gasteiger partial charge < -0.3 is 16.0 Å². The van der Waals surface area contributed by atoms with Gasteiger partial charge in [0, 0.05) is 12.1 Å². The molecule has 106 valence electrons. The molecule has 0 atom stereocenters. The molecule has 3 heterocycles. The minimum atomic E-state index is -0.309. The second kappa shape index (κ2) is 4.42. The highest BCUT2D eigenvalue weighted by Gasteiger charge is 2.13. The van der Waals surface area contributed by atoms with Crippen LogP contribution in [0.25, 0.3) is 22.6 Å². The first kappa shape index (κ1) is 12.1. The first-order chi connectivity index (χ1) is 10.2. The fraction of sp³-hybridized carbons (Fsp3) is 0.214. The number of nitrogen functional groups attached to an aromatic ring is 1. The van der Waals surface area contributed by atoms with Crippen molar-refractivity contribution >= 4 is 17.1 Å². The number of nitrogens with one attached hydrogen (secondary N) is 3. The Bertz CT molecular complexity index is 894. The van der Waals surface area contributed by atoms with Crippen LogP contribution in [0, 0.1) is 0 Å². The van der Waals surface area contributed by atoms with Crippen molar-refractivity contribution in [1.29, 1.82) is 0 Å². The summed E-state index contributed by atoms with van der Waals surface area (Å²) in [5.41, 5.74) is 9.46. The predicted octanol–water partition coefficient (Wildman–Crippen LogP) is 0.541. The van der Waals surface area contributed by atoms with Crippen LogP contribution >= 0.6 is 0 Å². The van der Waals surface area contributed by atoms with Crippen LogP contribution in [-0.4, -0.2) is 26.5 Å². The van der Waals surface area contributed by atoms with Gasteiger partial charge in [-0.2, -0.15) is 4.98 Å². The minimum absolute atomic E-state index is 0.0696. The number of hydrogen-bond acceptors (Lipinski definition) is 5. The van der Waals surface area contributed by atoms with Gasteiger partial charge in [0.15, 0.2) is 11.2 Å². The molecule has 0 saturated carbocycles. The van der Waals surface area contributed by atoms with E-state index in [2.05, 4.69) is 37.4 Å². The molecule has 3 aromatic rings. The molecule has 4 rings (SSSR count). The summed E-state index contributed by atoms with van der Waals surface area (Å²) >= 11 is 0. The van der Waals surface area contributed by atoms with Crippen molar-refractivity contribution in [2.75, 3.05) is 12.3 Å². The van der Waals surface area contributed by atoms with Crippen LogP contribution in [0.1, 0.15) is 11.1 Å². The first-order valence-corrected chi connectivity index (χ1v) is 6.79. The van der Waals surface area contributed by atoms with E-state index in [-0.39, 0.29) is 11.5 Å². The molecule has 0 aliphatic carbocycles. The lowest BCUT2D eigenvalue weighted by Gasteiger charge is -2.17. The van der Waals surface area contributed by atoms with E-state index in [1.165, 1.54) is 11.1 Å². The summed E-state index contributed by atoms with van der Waals surface area (Å²) in [5.74, 6) is 0.696. The number of benzene rings is 1. The van der Waals surface area contributed by atoms with Gasteiger partial charge in [0.25, 0.3) is 5.56 Å². The van der Waals surface area contributed by atoms with E-state index >= 15 is 0 Å². The highest BCUT2D eigenvalue weighted by molar-refractivity contribution is 5.76. The van der Waals surface area contributed by atoms with Crippen LogP contribution in [0.15, 0.2) is 23.0 Å². The van der Waals surface area contributed by atoms with Crippen molar-refractivity contribution < 1.29 is 0 Å². The van der Waals surface area contributed by atoms with Crippen molar-refractivity contribution in [2.45, 2.75) is 13.0 Å². The average Bonchev–Trinajstić information content (AvgIpc) is 2.91. The molecule has 1 aliphatic heterocycles. The number of aromatic nitrogens is 4. The Kier molecular flexibility index (Phi) is 2.55. The van der Waals surface area contributed by atoms with Gasteiger partial charge in [-0.25, -0.2) is 4.98 Å². The van der Waals surface area contributed by atoms with Crippen LogP contribution in [0.4, 0.5) is 5.95 Å². The molecule has 2 aromatic heterocycles. The fourth-order valence-corrected chi connectivity index (χ4v) is 2.69. The van der Waals surface area contributed by atoms with Gasteiger partial charge in [-0.1, -0.05) is 12.1 Å². The minimum Gasteiger partial charge on any atom is -0.369 e. The molecule has 0 spiro atoms. The van der Waals surface area contributed by atoms with Crippen molar-refractivity contribution in [3.63, 3.8) is 0 Å². The SMILES string of the molecule is Nc1nc2nc(-c3ccc4c(c3)CNCC4)[nH]c2c(=O)[nH]1.